The Kier molecular flexibility index (Phi) is 49.3. The maximum atomic E-state index is 12.8. The third kappa shape index (κ3) is 49.5. The number of hydrogen-bond acceptors (Lipinski definition) is 6. The number of quaternary nitrogens is 1. The number of carboxylic acid groups (broad SMARTS) is 1. The Morgan fingerprint density at radius 1 is 0.429 bits per heavy atom. The Hall–Kier alpha value is -3.49. The van der Waals surface area contributed by atoms with Gasteiger partial charge in [-0.05, 0) is 83.5 Å². The number of carboxylic acids is 1. The molecule has 1 N–H and O–H groups in total. The predicted molar refractivity (Wildman–Crippen MR) is 298 cm³/mol. The SMILES string of the molecule is CC/C=C/C/C=C/C/C=C/C/C=C/CCCCCCCCCCCCC(=O)OCC(COCCC(C(=O)O)[N+](C)(C)C)OC(=O)CCCCCCCCCCCCCCC/C=C/C/C=C/C/C=C/CC. The van der Waals surface area contributed by atoms with Crippen molar-refractivity contribution in [3.8, 4) is 0 Å². The van der Waals surface area contributed by atoms with Crippen LogP contribution in [-0.4, -0.2) is 80.6 Å². The summed E-state index contributed by atoms with van der Waals surface area (Å²) in [5.41, 5.74) is 0. The fraction of sp³-hybridized carbons (Fsp3) is 0.726. The molecule has 2 atom stereocenters. The lowest BCUT2D eigenvalue weighted by Crippen LogP contribution is -2.50. The zero-order valence-electron chi connectivity index (χ0n) is 46.0. The molecule has 0 aromatic heterocycles. The fourth-order valence-electron chi connectivity index (χ4n) is 8.22. The smallest absolute Gasteiger partial charge is 0.362 e. The van der Waals surface area contributed by atoms with Gasteiger partial charge in [0.05, 0.1) is 34.4 Å². The van der Waals surface area contributed by atoms with Gasteiger partial charge in [0.2, 0.25) is 0 Å². The minimum atomic E-state index is -0.876. The first kappa shape index (κ1) is 66.5. The van der Waals surface area contributed by atoms with E-state index in [9.17, 15) is 19.5 Å². The molecule has 0 aliphatic carbocycles. The number of unbranched alkanes of at least 4 members (excludes halogenated alkanes) is 23. The number of hydrogen-bond donors (Lipinski definition) is 1. The molecule has 2 unspecified atom stereocenters. The maximum absolute atomic E-state index is 12.8. The van der Waals surface area contributed by atoms with Gasteiger partial charge in [0.15, 0.2) is 12.1 Å². The van der Waals surface area contributed by atoms with Gasteiger partial charge in [-0.1, -0.05) is 221 Å². The maximum Gasteiger partial charge on any atom is 0.362 e. The van der Waals surface area contributed by atoms with Crippen LogP contribution in [0.25, 0.3) is 0 Å². The van der Waals surface area contributed by atoms with Crippen LogP contribution in [0, 0.1) is 0 Å². The number of carbonyl (C=O) groups is 3. The average Bonchev–Trinajstić information content (AvgIpc) is 3.33. The molecule has 402 valence electrons. The minimum absolute atomic E-state index is 0.0561. The highest BCUT2D eigenvalue weighted by Gasteiger charge is 2.31. The average molecular weight is 980 g/mol. The summed E-state index contributed by atoms with van der Waals surface area (Å²) in [6.07, 6.45) is 69.3. The van der Waals surface area contributed by atoms with E-state index in [1.165, 1.54) is 122 Å². The Labute approximate surface area is 431 Å². The third-order valence-electron chi connectivity index (χ3n) is 12.5. The van der Waals surface area contributed by atoms with E-state index < -0.39 is 18.1 Å². The Morgan fingerprint density at radius 3 is 1.11 bits per heavy atom. The van der Waals surface area contributed by atoms with Crippen LogP contribution in [0.3, 0.4) is 0 Å². The summed E-state index contributed by atoms with van der Waals surface area (Å²) in [5.74, 6) is -1.47. The first-order chi connectivity index (χ1) is 34.1. The molecule has 0 bridgehead atoms. The van der Waals surface area contributed by atoms with E-state index >= 15 is 0 Å². The molecule has 0 aromatic carbocycles. The van der Waals surface area contributed by atoms with Crippen LogP contribution in [-0.2, 0) is 28.6 Å². The van der Waals surface area contributed by atoms with Crippen LogP contribution in [0.1, 0.15) is 239 Å². The van der Waals surface area contributed by atoms with Gasteiger partial charge in [-0.15, -0.1) is 0 Å². The van der Waals surface area contributed by atoms with Gasteiger partial charge in [0.25, 0.3) is 0 Å². The monoisotopic (exact) mass is 979 g/mol. The first-order valence-electron chi connectivity index (χ1n) is 28.6. The van der Waals surface area contributed by atoms with Gasteiger partial charge in [-0.2, -0.15) is 0 Å². The van der Waals surface area contributed by atoms with Gasteiger partial charge in [-0.3, -0.25) is 9.59 Å². The summed E-state index contributed by atoms with van der Waals surface area (Å²) in [5, 5.41) is 9.68. The predicted octanol–water partition coefficient (Wildman–Crippen LogP) is 17.2. The largest absolute Gasteiger partial charge is 0.477 e. The molecule has 0 aromatic rings. The first-order valence-corrected chi connectivity index (χ1v) is 28.6. The van der Waals surface area contributed by atoms with Crippen molar-refractivity contribution in [2.45, 2.75) is 251 Å². The number of rotatable bonds is 51. The van der Waals surface area contributed by atoms with Crippen LogP contribution < -0.4 is 0 Å². The molecule has 0 aliphatic rings. The normalized spacial score (nSPS) is 13.4. The number of ether oxygens (including phenoxy) is 3. The zero-order valence-corrected chi connectivity index (χ0v) is 46.0. The molecule has 0 saturated heterocycles. The summed E-state index contributed by atoms with van der Waals surface area (Å²) in [6, 6.07) is -0.620. The number of esters is 2. The fourth-order valence-corrected chi connectivity index (χ4v) is 8.22. The van der Waals surface area contributed by atoms with Crippen molar-refractivity contribution in [1.29, 1.82) is 0 Å². The molecule has 0 fully saturated rings. The van der Waals surface area contributed by atoms with Crippen molar-refractivity contribution in [2.75, 3.05) is 41.0 Å². The molecule has 0 rings (SSSR count). The topological polar surface area (TPSA) is 99.1 Å². The summed E-state index contributed by atoms with van der Waals surface area (Å²) in [7, 11) is 5.54. The van der Waals surface area contributed by atoms with Crippen LogP contribution in [0.5, 0.6) is 0 Å². The summed E-state index contributed by atoms with van der Waals surface area (Å²) in [6.45, 7) is 4.53. The molecular formula is C62H108NO7+. The lowest BCUT2D eigenvalue weighted by molar-refractivity contribution is -0.887. The minimum Gasteiger partial charge on any atom is -0.477 e. The molecule has 70 heavy (non-hydrogen) atoms. The van der Waals surface area contributed by atoms with Gasteiger partial charge in [-0.25, -0.2) is 4.79 Å². The molecule has 0 heterocycles. The standard InChI is InChI=1S/C62H107NO7/c1-6-8-10-12-14-16-18-20-22-24-26-28-30-32-34-36-38-40-42-44-46-48-50-52-60(64)69-57-58(56-68-55-54-59(62(66)67)63(3,4)5)70-61(65)53-51-49-47-45-43-41-39-37-35-33-31-29-27-25-23-21-19-17-15-13-11-9-7-2/h8-11,14-17,20-23,26,28,58-59H,6-7,12-13,18-19,24-25,27,29-57H2,1-5H3/p+1/b10-8+,11-9+,16-14+,17-15+,22-20+,23-21+,28-26+. The quantitative estimate of drug-likeness (QED) is 0.0280. The van der Waals surface area contributed by atoms with Crippen molar-refractivity contribution in [3.63, 3.8) is 0 Å². The molecule has 0 spiro atoms. The van der Waals surface area contributed by atoms with E-state index in [1.807, 2.05) is 21.1 Å². The Bertz CT molecular complexity index is 1420. The molecule has 0 aliphatic heterocycles. The number of carbonyl (C=O) groups excluding carboxylic acids is 2. The van der Waals surface area contributed by atoms with Crippen LogP contribution in [0.4, 0.5) is 0 Å². The zero-order chi connectivity index (χ0) is 51.3. The van der Waals surface area contributed by atoms with Crippen LogP contribution in [0.15, 0.2) is 85.1 Å². The molecule has 0 radical (unpaired) electrons. The van der Waals surface area contributed by atoms with Crippen molar-refractivity contribution in [2.24, 2.45) is 0 Å². The second-order valence-corrected chi connectivity index (χ2v) is 20.1. The molecular weight excluding hydrogens is 871 g/mol. The van der Waals surface area contributed by atoms with Gasteiger partial charge in [0.1, 0.15) is 6.61 Å². The second kappa shape index (κ2) is 51.9. The van der Waals surface area contributed by atoms with E-state index in [1.54, 1.807) is 0 Å². The van der Waals surface area contributed by atoms with Crippen molar-refractivity contribution >= 4 is 17.9 Å². The van der Waals surface area contributed by atoms with Crippen molar-refractivity contribution < 1.29 is 38.2 Å². The second-order valence-electron chi connectivity index (χ2n) is 20.1. The third-order valence-corrected chi connectivity index (χ3v) is 12.5. The molecule has 8 nitrogen and oxygen atoms in total. The highest BCUT2D eigenvalue weighted by Crippen LogP contribution is 2.16. The van der Waals surface area contributed by atoms with Crippen molar-refractivity contribution in [3.05, 3.63) is 85.1 Å². The number of allylic oxidation sites excluding steroid dienone is 14. The Balaban J connectivity index is 4.17. The number of aliphatic carboxylic acids is 1. The number of nitrogens with zero attached hydrogens (tertiary/aromatic N) is 1. The van der Waals surface area contributed by atoms with Gasteiger partial charge < -0.3 is 23.8 Å². The lowest BCUT2D eigenvalue weighted by atomic mass is 10.0. The van der Waals surface area contributed by atoms with E-state index in [-0.39, 0.29) is 36.2 Å². The van der Waals surface area contributed by atoms with Crippen molar-refractivity contribution in [1.82, 2.24) is 0 Å². The lowest BCUT2D eigenvalue weighted by Gasteiger charge is -2.31. The van der Waals surface area contributed by atoms with Crippen LogP contribution >= 0.6 is 0 Å². The summed E-state index contributed by atoms with van der Waals surface area (Å²) in [4.78, 5) is 37.3. The Morgan fingerprint density at radius 2 is 0.757 bits per heavy atom. The molecule has 0 amide bonds. The van der Waals surface area contributed by atoms with E-state index in [4.69, 9.17) is 14.2 Å². The van der Waals surface area contributed by atoms with E-state index in [0.717, 1.165) is 83.5 Å². The van der Waals surface area contributed by atoms with Crippen LogP contribution in [0.2, 0.25) is 0 Å². The van der Waals surface area contributed by atoms with E-state index in [2.05, 4.69) is 98.9 Å². The highest BCUT2D eigenvalue weighted by molar-refractivity contribution is 5.72. The summed E-state index contributed by atoms with van der Waals surface area (Å²) < 4.78 is 17.4. The van der Waals surface area contributed by atoms with Gasteiger partial charge in [0, 0.05) is 19.3 Å². The highest BCUT2D eigenvalue weighted by atomic mass is 16.6. The molecule has 0 saturated carbocycles. The summed E-state index contributed by atoms with van der Waals surface area (Å²) >= 11 is 0. The van der Waals surface area contributed by atoms with Gasteiger partial charge >= 0.3 is 17.9 Å². The van der Waals surface area contributed by atoms with E-state index in [0.29, 0.717) is 19.3 Å². The molecule has 8 heteroatoms. The number of likely N-dealkylation sites (N-methyl/N-ethyl adjacent to an activating group) is 1.